The Hall–Kier alpha value is -1.71. The van der Waals surface area contributed by atoms with Crippen LogP contribution in [0.4, 0.5) is 10.5 Å². The maximum Gasteiger partial charge on any atom is 0.407 e. The highest BCUT2D eigenvalue weighted by Crippen LogP contribution is 2.11. The van der Waals surface area contributed by atoms with Crippen LogP contribution in [0.3, 0.4) is 0 Å². The quantitative estimate of drug-likeness (QED) is 0.798. The van der Waals surface area contributed by atoms with Gasteiger partial charge in [-0.2, -0.15) is 0 Å². The first kappa shape index (κ1) is 16.3. The summed E-state index contributed by atoms with van der Waals surface area (Å²) in [6, 6.07) is 8.33. The Morgan fingerprint density at radius 2 is 1.80 bits per heavy atom. The van der Waals surface area contributed by atoms with Gasteiger partial charge in [-0.05, 0) is 43.9 Å². The van der Waals surface area contributed by atoms with Gasteiger partial charge in [-0.25, -0.2) is 4.79 Å². The minimum absolute atomic E-state index is 0.301. The van der Waals surface area contributed by atoms with Crippen molar-refractivity contribution in [2.75, 3.05) is 11.9 Å². The van der Waals surface area contributed by atoms with Gasteiger partial charge in [0.25, 0.3) is 0 Å². The summed E-state index contributed by atoms with van der Waals surface area (Å²) in [5, 5.41) is 6.06. The Morgan fingerprint density at radius 1 is 1.15 bits per heavy atom. The van der Waals surface area contributed by atoms with E-state index in [4.69, 9.17) is 4.74 Å². The van der Waals surface area contributed by atoms with Crippen molar-refractivity contribution in [2.24, 2.45) is 5.92 Å². The molecule has 0 saturated carbocycles. The van der Waals surface area contributed by atoms with E-state index in [-0.39, 0.29) is 6.09 Å². The van der Waals surface area contributed by atoms with Crippen molar-refractivity contribution < 1.29 is 9.53 Å². The number of alkyl carbamates (subject to hydrolysis) is 1. The van der Waals surface area contributed by atoms with E-state index < -0.39 is 0 Å². The monoisotopic (exact) mass is 278 g/mol. The molecule has 1 aromatic carbocycles. The van der Waals surface area contributed by atoms with Crippen molar-refractivity contribution in [1.82, 2.24) is 5.32 Å². The number of carbonyl (C=O) groups excluding carboxylic acids is 1. The van der Waals surface area contributed by atoms with E-state index in [2.05, 4.69) is 38.3 Å². The molecule has 0 spiro atoms. The number of anilines is 1. The maximum absolute atomic E-state index is 11.5. The number of carbonyl (C=O) groups is 1. The average Bonchev–Trinajstić information content (AvgIpc) is 2.37. The number of rotatable bonds is 7. The van der Waals surface area contributed by atoms with Crippen molar-refractivity contribution in [2.45, 2.75) is 46.8 Å². The summed E-state index contributed by atoms with van der Waals surface area (Å²) in [6.07, 6.45) is 0.611. The number of ether oxygens (including phenoxy) is 1. The molecule has 1 aromatic rings. The molecule has 0 aliphatic carbocycles. The molecule has 2 N–H and O–H groups in total. The maximum atomic E-state index is 11.5. The lowest BCUT2D eigenvalue weighted by Crippen LogP contribution is -2.25. The molecule has 0 aliphatic rings. The molecule has 0 bridgehead atoms. The predicted octanol–water partition coefficient (Wildman–Crippen LogP) is 3.78. The average molecular weight is 278 g/mol. The van der Waals surface area contributed by atoms with E-state index in [0.717, 1.165) is 17.7 Å². The van der Waals surface area contributed by atoms with Gasteiger partial charge in [-0.1, -0.05) is 26.0 Å². The van der Waals surface area contributed by atoms with Crippen LogP contribution in [0, 0.1) is 5.92 Å². The first-order valence-electron chi connectivity index (χ1n) is 7.23. The number of hydrogen-bond acceptors (Lipinski definition) is 3. The molecular formula is C16H26N2O2. The van der Waals surface area contributed by atoms with Crippen LogP contribution in [0.2, 0.25) is 0 Å². The van der Waals surface area contributed by atoms with Gasteiger partial charge in [0.1, 0.15) is 6.61 Å². The van der Waals surface area contributed by atoms with Crippen LogP contribution in [0.25, 0.3) is 0 Å². The van der Waals surface area contributed by atoms with Crippen LogP contribution in [-0.4, -0.2) is 18.7 Å². The molecule has 0 aromatic heterocycles. The Morgan fingerprint density at radius 3 is 2.35 bits per heavy atom. The fourth-order valence-electron chi connectivity index (χ4n) is 1.69. The molecule has 0 heterocycles. The lowest BCUT2D eigenvalue weighted by Gasteiger charge is -2.11. The van der Waals surface area contributed by atoms with E-state index in [1.54, 1.807) is 0 Å². The van der Waals surface area contributed by atoms with E-state index in [1.807, 2.05) is 24.3 Å². The predicted molar refractivity (Wildman–Crippen MR) is 82.8 cm³/mol. The fourth-order valence-corrected chi connectivity index (χ4v) is 1.69. The summed E-state index contributed by atoms with van der Waals surface area (Å²) in [5.41, 5.74) is 2.06. The number of benzene rings is 1. The summed E-state index contributed by atoms with van der Waals surface area (Å²) in [6.45, 7) is 9.40. The number of amides is 1. The molecule has 4 heteroatoms. The molecule has 1 rings (SSSR count). The SMILES string of the molecule is CC(C)CCNC(=O)OCc1ccc(NC(C)C)cc1. The van der Waals surface area contributed by atoms with Gasteiger partial charge in [0, 0.05) is 18.3 Å². The molecular weight excluding hydrogens is 252 g/mol. The Labute approximate surface area is 121 Å². The Kier molecular flexibility index (Phi) is 6.91. The second kappa shape index (κ2) is 8.46. The molecule has 0 radical (unpaired) electrons. The summed E-state index contributed by atoms with van der Waals surface area (Å²) < 4.78 is 5.16. The van der Waals surface area contributed by atoms with E-state index >= 15 is 0 Å². The van der Waals surface area contributed by atoms with Crippen LogP contribution in [0.1, 0.15) is 39.7 Å². The minimum atomic E-state index is -0.352. The molecule has 1 amide bonds. The summed E-state index contributed by atoms with van der Waals surface area (Å²) in [7, 11) is 0. The highest BCUT2D eigenvalue weighted by Gasteiger charge is 2.03. The molecule has 0 aliphatic heterocycles. The van der Waals surface area contributed by atoms with Gasteiger partial charge in [0.2, 0.25) is 0 Å². The molecule has 0 atom stereocenters. The summed E-state index contributed by atoms with van der Waals surface area (Å²) in [4.78, 5) is 11.5. The fraction of sp³-hybridized carbons (Fsp3) is 0.562. The van der Waals surface area contributed by atoms with Crippen LogP contribution >= 0.6 is 0 Å². The van der Waals surface area contributed by atoms with Gasteiger partial charge in [0.15, 0.2) is 0 Å². The zero-order chi connectivity index (χ0) is 15.0. The lowest BCUT2D eigenvalue weighted by molar-refractivity contribution is 0.139. The lowest BCUT2D eigenvalue weighted by atomic mass is 10.1. The number of nitrogens with one attached hydrogen (secondary N) is 2. The second-order valence-electron chi connectivity index (χ2n) is 5.68. The third-order valence-corrected chi connectivity index (χ3v) is 2.77. The van der Waals surface area contributed by atoms with Crippen molar-refractivity contribution in [1.29, 1.82) is 0 Å². The molecule has 20 heavy (non-hydrogen) atoms. The summed E-state index contributed by atoms with van der Waals surface area (Å²) in [5.74, 6) is 0.580. The first-order valence-corrected chi connectivity index (χ1v) is 7.23. The Balaban J connectivity index is 2.29. The molecule has 112 valence electrons. The normalized spacial score (nSPS) is 10.7. The third-order valence-electron chi connectivity index (χ3n) is 2.77. The van der Waals surface area contributed by atoms with Gasteiger partial charge < -0.3 is 15.4 Å². The summed E-state index contributed by atoms with van der Waals surface area (Å²) >= 11 is 0. The van der Waals surface area contributed by atoms with E-state index in [0.29, 0.717) is 25.1 Å². The first-order chi connectivity index (χ1) is 9.47. The number of hydrogen-bond donors (Lipinski definition) is 2. The van der Waals surface area contributed by atoms with E-state index in [1.165, 1.54) is 0 Å². The van der Waals surface area contributed by atoms with Crippen molar-refractivity contribution in [3.8, 4) is 0 Å². The van der Waals surface area contributed by atoms with Gasteiger partial charge in [0.05, 0.1) is 0 Å². The van der Waals surface area contributed by atoms with Crippen LogP contribution in [-0.2, 0) is 11.3 Å². The van der Waals surface area contributed by atoms with Crippen molar-refractivity contribution in [3.05, 3.63) is 29.8 Å². The largest absolute Gasteiger partial charge is 0.445 e. The smallest absolute Gasteiger partial charge is 0.407 e. The van der Waals surface area contributed by atoms with Crippen LogP contribution in [0.15, 0.2) is 24.3 Å². The van der Waals surface area contributed by atoms with Crippen molar-refractivity contribution >= 4 is 11.8 Å². The van der Waals surface area contributed by atoms with E-state index in [9.17, 15) is 4.79 Å². The minimum Gasteiger partial charge on any atom is -0.445 e. The zero-order valence-corrected chi connectivity index (χ0v) is 12.9. The second-order valence-corrected chi connectivity index (χ2v) is 5.68. The van der Waals surface area contributed by atoms with Gasteiger partial charge in [-0.3, -0.25) is 0 Å². The molecule has 0 saturated heterocycles. The third kappa shape index (κ3) is 7.02. The Bertz CT molecular complexity index is 399. The van der Waals surface area contributed by atoms with Gasteiger partial charge >= 0.3 is 6.09 Å². The molecule has 0 fully saturated rings. The topological polar surface area (TPSA) is 50.4 Å². The van der Waals surface area contributed by atoms with Crippen LogP contribution in [0.5, 0.6) is 0 Å². The molecule has 4 nitrogen and oxygen atoms in total. The standard InChI is InChI=1S/C16H26N2O2/c1-12(2)9-10-17-16(19)20-11-14-5-7-15(8-6-14)18-13(3)4/h5-8,12-13,18H,9-11H2,1-4H3,(H,17,19). The highest BCUT2D eigenvalue weighted by atomic mass is 16.5. The molecule has 0 unspecified atom stereocenters. The zero-order valence-electron chi connectivity index (χ0n) is 12.9. The van der Waals surface area contributed by atoms with Gasteiger partial charge in [-0.15, -0.1) is 0 Å². The highest BCUT2D eigenvalue weighted by molar-refractivity contribution is 5.67. The van der Waals surface area contributed by atoms with Crippen LogP contribution < -0.4 is 10.6 Å². The van der Waals surface area contributed by atoms with Crippen molar-refractivity contribution in [3.63, 3.8) is 0 Å².